The molecule has 9 heteroatoms. The maximum atomic E-state index is 12.9. The Hall–Kier alpha value is -3.04. The van der Waals surface area contributed by atoms with Crippen LogP contribution in [0.2, 0.25) is 6.32 Å². The minimum Gasteiger partial charge on any atom is -0.507 e. The van der Waals surface area contributed by atoms with Gasteiger partial charge in [-0.2, -0.15) is 0 Å². The van der Waals surface area contributed by atoms with Crippen LogP contribution in [-0.2, 0) is 11.2 Å². The van der Waals surface area contributed by atoms with Gasteiger partial charge < -0.3 is 29.9 Å². The summed E-state index contributed by atoms with van der Waals surface area (Å²) in [6, 6.07) is 13.2. The molecule has 0 radical (unpaired) electrons. The number of amides is 1. The number of phenols is 1. The van der Waals surface area contributed by atoms with Gasteiger partial charge in [-0.25, -0.2) is 4.79 Å². The first kappa shape index (κ1) is 23.1. The van der Waals surface area contributed by atoms with Gasteiger partial charge in [0.25, 0.3) is 0 Å². The van der Waals surface area contributed by atoms with E-state index in [9.17, 15) is 19.8 Å². The van der Waals surface area contributed by atoms with E-state index in [1.165, 1.54) is 17.7 Å². The highest BCUT2D eigenvalue weighted by molar-refractivity contribution is 6.41. The Bertz CT molecular complexity index is 1010. The number of aromatic hydroxyl groups is 1. The number of carbonyl (C=O) groups is 2. The average molecular weight is 453 g/mol. The molecular formula is C24H28BNO7. The number of benzene rings is 2. The molecule has 2 aromatic carbocycles. The number of rotatable bonds is 8. The van der Waals surface area contributed by atoms with Gasteiger partial charge >= 0.3 is 13.1 Å². The molecule has 2 atom stereocenters. The van der Waals surface area contributed by atoms with Gasteiger partial charge in [0.15, 0.2) is 0 Å². The Morgan fingerprint density at radius 1 is 1.06 bits per heavy atom. The quantitative estimate of drug-likeness (QED) is 0.452. The molecule has 1 heterocycles. The number of aryl methyl sites for hydroxylation is 1. The van der Waals surface area contributed by atoms with Crippen LogP contribution >= 0.6 is 0 Å². The first-order chi connectivity index (χ1) is 15.8. The molecule has 174 valence electrons. The van der Waals surface area contributed by atoms with Crippen molar-refractivity contribution in [2.45, 2.75) is 44.0 Å². The Balaban J connectivity index is 1.34. The zero-order valence-electron chi connectivity index (χ0n) is 18.3. The molecule has 4 rings (SSSR count). The molecule has 2 fully saturated rings. The number of aromatic carboxylic acids is 1. The van der Waals surface area contributed by atoms with Crippen LogP contribution in [0.5, 0.6) is 11.5 Å². The van der Waals surface area contributed by atoms with Crippen LogP contribution in [0.4, 0.5) is 0 Å². The minimum atomic E-state index is -1.55. The average Bonchev–Trinajstić information content (AvgIpc) is 3.25. The molecule has 0 bridgehead atoms. The van der Waals surface area contributed by atoms with Crippen molar-refractivity contribution in [2.24, 2.45) is 5.92 Å². The highest BCUT2D eigenvalue weighted by atomic mass is 16.5. The zero-order chi connectivity index (χ0) is 23.5. The SMILES string of the molecule is O=C(O)c1c(OC2CN(C(=O)[C@H]3CC[C@@H](c4ccccc4)C3)C2)ccc(CCB(O)O)c1O. The third kappa shape index (κ3) is 5.15. The molecule has 33 heavy (non-hydrogen) atoms. The maximum absolute atomic E-state index is 12.9. The summed E-state index contributed by atoms with van der Waals surface area (Å²) in [5.41, 5.74) is 1.22. The normalized spacial score (nSPS) is 20.4. The van der Waals surface area contributed by atoms with Crippen molar-refractivity contribution in [3.8, 4) is 11.5 Å². The molecule has 0 spiro atoms. The lowest BCUT2D eigenvalue weighted by molar-refractivity contribution is -0.144. The molecule has 1 aliphatic carbocycles. The molecule has 8 nitrogen and oxygen atoms in total. The third-order valence-corrected chi connectivity index (χ3v) is 6.62. The first-order valence-electron chi connectivity index (χ1n) is 11.3. The molecule has 1 saturated heterocycles. The summed E-state index contributed by atoms with van der Waals surface area (Å²) >= 11 is 0. The summed E-state index contributed by atoms with van der Waals surface area (Å²) in [5, 5.41) is 38.0. The fraction of sp³-hybridized carbons (Fsp3) is 0.417. The fourth-order valence-electron chi connectivity index (χ4n) is 4.77. The van der Waals surface area contributed by atoms with Gasteiger partial charge in [-0.1, -0.05) is 36.4 Å². The number of likely N-dealkylation sites (tertiary alicyclic amines) is 1. The number of ether oxygens (including phenoxy) is 1. The summed E-state index contributed by atoms with van der Waals surface area (Å²) in [4.78, 5) is 26.4. The topological polar surface area (TPSA) is 128 Å². The van der Waals surface area contributed by atoms with Gasteiger partial charge in [0.05, 0.1) is 13.1 Å². The van der Waals surface area contributed by atoms with Crippen molar-refractivity contribution < 1.29 is 34.6 Å². The number of carbonyl (C=O) groups excluding carboxylic acids is 1. The molecule has 1 amide bonds. The van der Waals surface area contributed by atoms with Crippen molar-refractivity contribution >= 4 is 19.0 Å². The monoisotopic (exact) mass is 453 g/mol. The molecule has 1 aliphatic heterocycles. The standard InChI is InChI=1S/C24H28BNO7/c27-22-16(10-11-25(31)32)8-9-20(21(22)24(29)30)33-19-13-26(14-19)23(28)18-7-6-17(12-18)15-4-2-1-3-5-15/h1-5,8-9,17-19,27,31-32H,6-7,10-14H2,(H,29,30)/t17-,18+/m1/s1. The van der Waals surface area contributed by atoms with E-state index in [4.69, 9.17) is 14.8 Å². The Morgan fingerprint density at radius 2 is 1.79 bits per heavy atom. The second kappa shape index (κ2) is 9.85. The number of hydrogen-bond donors (Lipinski definition) is 4. The zero-order valence-corrected chi connectivity index (χ0v) is 18.3. The minimum absolute atomic E-state index is 0.00376. The lowest BCUT2D eigenvalue weighted by Crippen LogP contribution is -2.57. The Morgan fingerprint density at radius 3 is 2.45 bits per heavy atom. The van der Waals surface area contributed by atoms with E-state index in [0.717, 1.165) is 19.3 Å². The predicted molar refractivity (Wildman–Crippen MR) is 121 cm³/mol. The van der Waals surface area contributed by atoms with Crippen LogP contribution in [-0.4, -0.2) is 63.3 Å². The molecule has 1 saturated carbocycles. The van der Waals surface area contributed by atoms with E-state index in [1.807, 2.05) is 18.2 Å². The van der Waals surface area contributed by atoms with Crippen LogP contribution in [0.3, 0.4) is 0 Å². The van der Waals surface area contributed by atoms with Gasteiger partial charge in [-0.05, 0) is 55.1 Å². The van der Waals surface area contributed by atoms with E-state index in [1.54, 1.807) is 4.90 Å². The molecule has 2 aliphatic rings. The van der Waals surface area contributed by atoms with E-state index in [0.29, 0.717) is 24.6 Å². The smallest absolute Gasteiger partial charge is 0.451 e. The van der Waals surface area contributed by atoms with Crippen LogP contribution in [0.1, 0.15) is 46.7 Å². The summed E-state index contributed by atoms with van der Waals surface area (Å²) in [6.45, 7) is 0.757. The number of nitrogens with zero attached hydrogens (tertiary/aromatic N) is 1. The van der Waals surface area contributed by atoms with E-state index < -0.39 is 18.8 Å². The molecule has 2 aromatic rings. The summed E-state index contributed by atoms with van der Waals surface area (Å²) in [5.74, 6) is -1.22. The van der Waals surface area contributed by atoms with Crippen molar-refractivity contribution in [2.75, 3.05) is 13.1 Å². The second-order valence-corrected chi connectivity index (χ2v) is 8.87. The third-order valence-electron chi connectivity index (χ3n) is 6.62. The van der Waals surface area contributed by atoms with Gasteiger partial charge in [0, 0.05) is 5.92 Å². The van der Waals surface area contributed by atoms with Crippen molar-refractivity contribution in [1.29, 1.82) is 0 Å². The largest absolute Gasteiger partial charge is 0.507 e. The fourth-order valence-corrected chi connectivity index (χ4v) is 4.77. The van der Waals surface area contributed by atoms with E-state index >= 15 is 0 Å². The summed E-state index contributed by atoms with van der Waals surface area (Å²) in [6.07, 6.45) is 2.44. The highest BCUT2D eigenvalue weighted by Gasteiger charge is 2.39. The summed E-state index contributed by atoms with van der Waals surface area (Å²) < 4.78 is 5.80. The van der Waals surface area contributed by atoms with Crippen molar-refractivity contribution in [1.82, 2.24) is 4.90 Å². The van der Waals surface area contributed by atoms with Crippen LogP contribution in [0.15, 0.2) is 42.5 Å². The van der Waals surface area contributed by atoms with Crippen LogP contribution in [0.25, 0.3) is 0 Å². The second-order valence-electron chi connectivity index (χ2n) is 8.87. The van der Waals surface area contributed by atoms with E-state index in [-0.39, 0.29) is 42.0 Å². The van der Waals surface area contributed by atoms with Crippen molar-refractivity contribution in [3.05, 3.63) is 59.2 Å². The highest BCUT2D eigenvalue weighted by Crippen LogP contribution is 2.40. The lowest BCUT2D eigenvalue weighted by Gasteiger charge is -2.40. The van der Waals surface area contributed by atoms with Gasteiger partial charge in [-0.15, -0.1) is 0 Å². The summed E-state index contributed by atoms with van der Waals surface area (Å²) in [7, 11) is -1.55. The van der Waals surface area contributed by atoms with Crippen LogP contribution < -0.4 is 4.74 Å². The van der Waals surface area contributed by atoms with Crippen LogP contribution in [0, 0.1) is 5.92 Å². The Labute approximate surface area is 192 Å². The number of carboxylic acid groups (broad SMARTS) is 1. The van der Waals surface area contributed by atoms with Gasteiger partial charge in [0.2, 0.25) is 5.91 Å². The number of carboxylic acids is 1. The number of hydrogen-bond acceptors (Lipinski definition) is 6. The maximum Gasteiger partial charge on any atom is 0.451 e. The Kier molecular flexibility index (Phi) is 6.90. The molecule has 4 N–H and O–H groups in total. The molecular weight excluding hydrogens is 425 g/mol. The van der Waals surface area contributed by atoms with E-state index in [2.05, 4.69) is 12.1 Å². The van der Waals surface area contributed by atoms with Gasteiger partial charge in [0.1, 0.15) is 23.2 Å². The molecule has 0 unspecified atom stereocenters. The first-order valence-corrected chi connectivity index (χ1v) is 11.3. The predicted octanol–water partition coefficient (Wildman–Crippen LogP) is 2.28. The molecule has 0 aromatic heterocycles. The van der Waals surface area contributed by atoms with Gasteiger partial charge in [-0.3, -0.25) is 4.79 Å². The lowest BCUT2D eigenvalue weighted by atomic mass is 9.82. The van der Waals surface area contributed by atoms with Crippen molar-refractivity contribution in [3.63, 3.8) is 0 Å².